The lowest BCUT2D eigenvalue weighted by molar-refractivity contribution is -0.138. The molecule has 8 nitrogen and oxygen atoms in total. The number of amides is 2. The number of benzene rings is 1. The average molecular weight is 469 g/mol. The fourth-order valence-electron chi connectivity index (χ4n) is 5.30. The van der Waals surface area contributed by atoms with Crippen LogP contribution in [-0.4, -0.2) is 64.8 Å². The molecule has 0 radical (unpaired) electrons. The molecule has 0 spiro atoms. The normalized spacial score (nSPS) is 34.3. The molecule has 4 fully saturated rings. The van der Waals surface area contributed by atoms with Crippen molar-refractivity contribution in [3.63, 3.8) is 0 Å². The highest BCUT2D eigenvalue weighted by atomic mass is 35.5. The Hall–Kier alpha value is -1.94. The molecule has 3 unspecified atom stereocenters. The smallest absolute Gasteiger partial charge is 0.258 e. The van der Waals surface area contributed by atoms with Gasteiger partial charge in [0.1, 0.15) is 17.6 Å². The summed E-state index contributed by atoms with van der Waals surface area (Å²) < 4.78 is 18.9. The fourth-order valence-corrected chi connectivity index (χ4v) is 5.42. The Labute approximate surface area is 191 Å². The number of nitrogens with one attached hydrogen (secondary N) is 3. The number of carbonyl (C=O) groups excluding carboxylic acids is 2. The Bertz CT molecular complexity index is 893. The molecule has 4 N–H and O–H groups in total. The summed E-state index contributed by atoms with van der Waals surface area (Å²) in [5.74, 6) is -0.829. The zero-order valence-electron chi connectivity index (χ0n) is 18.3. The first kappa shape index (κ1) is 23.2. The molecule has 176 valence electrons. The minimum atomic E-state index is -0.777. The Balaban J connectivity index is 1.32. The summed E-state index contributed by atoms with van der Waals surface area (Å²) in [5, 5.41) is 18.9. The maximum atomic E-state index is 13.5. The number of carbonyl (C=O) groups is 2. The highest BCUT2D eigenvalue weighted by molar-refractivity contribution is 6.30. The maximum Gasteiger partial charge on any atom is 0.258 e. The molecule has 3 aliphatic carbocycles. The molecule has 1 aromatic carbocycles. The topological polar surface area (TPSA) is 103 Å². The van der Waals surface area contributed by atoms with E-state index in [-0.39, 0.29) is 41.3 Å². The third kappa shape index (κ3) is 4.57. The second-order valence-corrected chi connectivity index (χ2v) is 9.86. The zero-order chi connectivity index (χ0) is 23.1. The summed E-state index contributed by atoms with van der Waals surface area (Å²) in [5.41, 5.74) is 2.04. The van der Waals surface area contributed by atoms with Crippen LogP contribution < -0.4 is 20.8 Å². The van der Waals surface area contributed by atoms with Gasteiger partial charge < -0.3 is 20.5 Å². The number of ether oxygens (including phenoxy) is 1. The van der Waals surface area contributed by atoms with E-state index >= 15 is 0 Å². The van der Waals surface area contributed by atoms with E-state index in [2.05, 4.69) is 16.1 Å². The first-order chi connectivity index (χ1) is 15.1. The van der Waals surface area contributed by atoms with Crippen molar-refractivity contribution in [2.75, 3.05) is 13.7 Å². The van der Waals surface area contributed by atoms with Crippen LogP contribution in [0.25, 0.3) is 0 Å². The number of aliphatic hydroxyl groups excluding tert-OH is 1. The number of aliphatic hydroxyl groups is 1. The molecule has 2 amide bonds. The predicted octanol–water partition coefficient (Wildman–Crippen LogP) is 1.50. The van der Waals surface area contributed by atoms with Crippen LogP contribution in [0.4, 0.5) is 4.39 Å². The molecule has 4 aliphatic rings. The average Bonchev–Trinajstić information content (AvgIpc) is 3.08. The highest BCUT2D eigenvalue weighted by Crippen LogP contribution is 2.47. The van der Waals surface area contributed by atoms with Gasteiger partial charge in [-0.2, -0.15) is 0 Å². The minimum Gasteiger partial charge on any atom is -0.484 e. The molecular formula is C22H30ClFN4O4. The first-order valence-corrected chi connectivity index (χ1v) is 11.4. The quantitative estimate of drug-likeness (QED) is 0.504. The molecule has 1 saturated heterocycles. The van der Waals surface area contributed by atoms with E-state index in [9.17, 15) is 19.1 Å². The molecule has 5 rings (SSSR count). The summed E-state index contributed by atoms with van der Waals surface area (Å²) in [4.78, 5) is 25.4. The monoisotopic (exact) mass is 468 g/mol. The molecular weight excluding hydrogens is 439 g/mol. The molecule has 2 bridgehead atoms. The Kier molecular flexibility index (Phi) is 6.37. The Morgan fingerprint density at radius 3 is 2.62 bits per heavy atom. The van der Waals surface area contributed by atoms with Crippen LogP contribution in [0, 0.1) is 5.82 Å². The van der Waals surface area contributed by atoms with Gasteiger partial charge in [0.2, 0.25) is 5.91 Å². The van der Waals surface area contributed by atoms with Gasteiger partial charge in [0.05, 0.1) is 16.7 Å². The van der Waals surface area contributed by atoms with Crippen LogP contribution in [0.5, 0.6) is 5.75 Å². The van der Waals surface area contributed by atoms with Crippen LogP contribution in [0.2, 0.25) is 5.02 Å². The Morgan fingerprint density at radius 1 is 1.31 bits per heavy atom. The molecule has 3 atom stereocenters. The molecule has 1 heterocycles. The lowest BCUT2D eigenvalue weighted by Gasteiger charge is -2.56. The predicted molar refractivity (Wildman–Crippen MR) is 117 cm³/mol. The Morgan fingerprint density at radius 2 is 2.03 bits per heavy atom. The number of hydrogen-bond acceptors (Lipinski definition) is 6. The van der Waals surface area contributed by atoms with E-state index < -0.39 is 23.0 Å². The third-order valence-electron chi connectivity index (χ3n) is 7.13. The van der Waals surface area contributed by atoms with Crippen molar-refractivity contribution >= 4 is 23.4 Å². The van der Waals surface area contributed by atoms with E-state index in [1.165, 1.54) is 12.1 Å². The molecule has 3 saturated carbocycles. The molecule has 32 heavy (non-hydrogen) atoms. The van der Waals surface area contributed by atoms with Gasteiger partial charge in [-0.3, -0.25) is 15.0 Å². The van der Waals surface area contributed by atoms with Crippen molar-refractivity contribution in [1.82, 2.24) is 21.1 Å². The van der Waals surface area contributed by atoms with Crippen molar-refractivity contribution in [2.45, 2.75) is 74.7 Å². The molecule has 1 aliphatic heterocycles. The van der Waals surface area contributed by atoms with E-state index in [0.717, 1.165) is 12.5 Å². The van der Waals surface area contributed by atoms with Crippen molar-refractivity contribution < 1.29 is 23.8 Å². The summed E-state index contributed by atoms with van der Waals surface area (Å²) in [7, 11) is 1.86. The van der Waals surface area contributed by atoms with Gasteiger partial charge in [-0.1, -0.05) is 11.6 Å². The summed E-state index contributed by atoms with van der Waals surface area (Å²) in [6, 6.07) is 3.98. The number of nitrogens with zero attached hydrogens (tertiary/aromatic N) is 1. The largest absolute Gasteiger partial charge is 0.484 e. The highest BCUT2D eigenvalue weighted by Gasteiger charge is 2.55. The summed E-state index contributed by atoms with van der Waals surface area (Å²) in [6.07, 6.45) is 2.83. The van der Waals surface area contributed by atoms with Gasteiger partial charge in [0, 0.05) is 24.7 Å². The number of hydrazine groups is 1. The summed E-state index contributed by atoms with van der Waals surface area (Å²) in [6.45, 7) is 1.74. The van der Waals surface area contributed by atoms with E-state index in [1.807, 2.05) is 19.0 Å². The van der Waals surface area contributed by atoms with Crippen LogP contribution in [-0.2, 0) is 9.59 Å². The van der Waals surface area contributed by atoms with Crippen LogP contribution >= 0.6 is 11.6 Å². The second-order valence-electron chi connectivity index (χ2n) is 9.45. The van der Waals surface area contributed by atoms with Crippen molar-refractivity contribution in [2.24, 2.45) is 0 Å². The van der Waals surface area contributed by atoms with E-state index in [1.54, 1.807) is 0 Å². The molecule has 1 aromatic rings. The van der Waals surface area contributed by atoms with Gasteiger partial charge in [0.15, 0.2) is 6.61 Å². The second kappa shape index (κ2) is 8.78. The first-order valence-electron chi connectivity index (χ1n) is 11.0. The number of rotatable bonds is 6. The number of hydrogen-bond donors (Lipinski definition) is 4. The maximum absolute atomic E-state index is 13.5. The van der Waals surface area contributed by atoms with Gasteiger partial charge in [-0.15, -0.1) is 0 Å². The number of likely N-dealkylation sites (N-methyl/N-ethyl adjacent to an activating group) is 1. The standard InChI is InChI=1S/C22H30ClFN4O4/c1-13-9-17(28(2)27-13)20(31)26-21-5-7-22(8-6-21,18(29)11-21)25-19(30)12-32-14-3-4-15(23)16(24)10-14/h3-4,10,13,17-18,27,29H,5-9,11-12H2,1-2H3,(H,25,30)(H,26,31). The number of fused-ring (bicyclic) bond motifs is 3. The zero-order valence-corrected chi connectivity index (χ0v) is 19.0. The van der Waals surface area contributed by atoms with Crippen molar-refractivity contribution in [3.8, 4) is 5.75 Å². The van der Waals surface area contributed by atoms with Crippen LogP contribution in [0.1, 0.15) is 45.4 Å². The van der Waals surface area contributed by atoms with E-state index in [4.69, 9.17) is 16.3 Å². The van der Waals surface area contributed by atoms with Gasteiger partial charge >= 0.3 is 0 Å². The van der Waals surface area contributed by atoms with Crippen LogP contribution in [0.3, 0.4) is 0 Å². The van der Waals surface area contributed by atoms with Crippen molar-refractivity contribution in [3.05, 3.63) is 29.0 Å². The lowest BCUT2D eigenvalue weighted by atomic mass is 9.59. The van der Waals surface area contributed by atoms with Crippen molar-refractivity contribution in [1.29, 1.82) is 0 Å². The summed E-state index contributed by atoms with van der Waals surface area (Å²) >= 11 is 5.65. The van der Waals surface area contributed by atoms with Gasteiger partial charge in [-0.05, 0) is 57.6 Å². The van der Waals surface area contributed by atoms with Gasteiger partial charge in [-0.25, -0.2) is 9.40 Å². The van der Waals surface area contributed by atoms with E-state index in [0.29, 0.717) is 32.1 Å². The minimum absolute atomic E-state index is 0.0193. The van der Waals surface area contributed by atoms with Crippen LogP contribution in [0.15, 0.2) is 18.2 Å². The van der Waals surface area contributed by atoms with Gasteiger partial charge in [0.25, 0.3) is 5.91 Å². The fraction of sp³-hybridized carbons (Fsp3) is 0.636. The SMILES string of the molecule is CC1CC(C(=O)NC23CCC(NC(=O)COc4ccc(Cl)c(F)c4)(CC2)C(O)C3)N(C)N1. The number of halogens is 2. The lowest BCUT2D eigenvalue weighted by Crippen LogP contribution is -2.71. The molecule has 0 aromatic heterocycles. The third-order valence-corrected chi connectivity index (χ3v) is 7.44. The molecule has 10 heteroatoms.